The molecule has 0 rings (SSSR count). The number of hydrogen-bond donors (Lipinski definition) is 2. The van der Waals surface area contributed by atoms with Gasteiger partial charge < -0.3 is 10.1 Å². The highest BCUT2D eigenvalue weighted by atomic mass is 127. The number of ether oxygens (including phenoxy) is 1. The van der Waals surface area contributed by atoms with E-state index in [9.17, 15) is 9.59 Å². The molecule has 1 N–H and O–H groups in total. The molecule has 1 atom stereocenters. The van der Waals surface area contributed by atoms with Crippen molar-refractivity contribution < 1.29 is 14.3 Å². The summed E-state index contributed by atoms with van der Waals surface area (Å²) in [5.41, 5.74) is -0.616. The van der Waals surface area contributed by atoms with Crippen LogP contribution >= 0.6 is 35.2 Å². The van der Waals surface area contributed by atoms with Gasteiger partial charge >= 0.3 is 0 Å². The van der Waals surface area contributed by atoms with Crippen LogP contribution in [0.5, 0.6) is 0 Å². The fourth-order valence-corrected chi connectivity index (χ4v) is 2.13. The van der Waals surface area contributed by atoms with E-state index >= 15 is 0 Å². The van der Waals surface area contributed by atoms with Crippen LogP contribution in [-0.2, 0) is 14.3 Å². The minimum Gasteiger partial charge on any atom is -0.375 e. The monoisotopic (exact) mass is 429 g/mol. The van der Waals surface area contributed by atoms with Crippen molar-refractivity contribution in [1.82, 2.24) is 5.32 Å². The number of rotatable bonds is 11. The molecular formula is C15H28INO3S. The third kappa shape index (κ3) is 9.03. The third-order valence-corrected chi connectivity index (χ3v) is 5.46. The Hall–Kier alpha value is 0.180. The summed E-state index contributed by atoms with van der Waals surface area (Å²) in [6.07, 6.45) is 2.78. The van der Waals surface area contributed by atoms with Crippen LogP contribution in [0.3, 0.4) is 0 Å². The van der Waals surface area contributed by atoms with Gasteiger partial charge in [0.05, 0.1) is 5.60 Å². The van der Waals surface area contributed by atoms with Gasteiger partial charge in [-0.05, 0) is 31.9 Å². The van der Waals surface area contributed by atoms with Gasteiger partial charge in [-0.1, -0.05) is 20.8 Å². The molecule has 0 aliphatic heterocycles. The van der Waals surface area contributed by atoms with Crippen molar-refractivity contribution in [1.29, 1.82) is 0 Å². The van der Waals surface area contributed by atoms with E-state index in [1.165, 1.54) is 0 Å². The predicted octanol–water partition coefficient (Wildman–Crippen LogP) is 3.38. The maximum Gasteiger partial charge on any atom is 0.220 e. The van der Waals surface area contributed by atoms with Gasteiger partial charge in [0, 0.05) is 47.6 Å². The lowest BCUT2D eigenvalue weighted by Crippen LogP contribution is -2.36. The summed E-state index contributed by atoms with van der Waals surface area (Å²) in [7, 11) is 0. The number of carbonyl (C=O) groups excluding carboxylic acids is 2. The summed E-state index contributed by atoms with van der Waals surface area (Å²) < 4.78 is 6.14. The molecule has 0 radical (unpaired) electrons. The van der Waals surface area contributed by atoms with Gasteiger partial charge in [0.1, 0.15) is 0 Å². The maximum atomic E-state index is 11.5. The van der Waals surface area contributed by atoms with Crippen molar-refractivity contribution >= 4 is 44.9 Å². The Kier molecular flexibility index (Phi) is 10.1. The molecule has 124 valence electrons. The van der Waals surface area contributed by atoms with Crippen LogP contribution in [-0.4, -0.2) is 34.2 Å². The molecule has 21 heavy (non-hydrogen) atoms. The van der Waals surface area contributed by atoms with Crippen LogP contribution in [0.25, 0.3) is 0 Å². The number of halogens is 1. The first-order valence-electron chi connectivity index (χ1n) is 7.38. The van der Waals surface area contributed by atoms with Crippen LogP contribution in [0.2, 0.25) is 0 Å². The zero-order valence-corrected chi connectivity index (χ0v) is 16.6. The number of carbonyl (C=O) groups is 2. The van der Waals surface area contributed by atoms with E-state index in [0.29, 0.717) is 31.7 Å². The molecule has 0 saturated carbocycles. The molecule has 6 heteroatoms. The number of nitrogens with one attached hydrogen (secondary N) is 1. The number of amides is 1. The zero-order chi connectivity index (χ0) is 16.5. The van der Waals surface area contributed by atoms with Gasteiger partial charge in [-0.25, -0.2) is 0 Å². The molecule has 0 aliphatic carbocycles. The standard InChI is InChI=1S/C15H28INO3S/c1-5-15(4,7-9-17-12(18)6-11-21)20-10-8-14(2,3)13(16)19/h21H,5-11H2,1-4H3,(H,17,18). The van der Waals surface area contributed by atoms with E-state index < -0.39 is 0 Å². The summed E-state index contributed by atoms with van der Waals surface area (Å²) in [5.74, 6) is 0.590. The van der Waals surface area contributed by atoms with Gasteiger partial charge in [0.25, 0.3) is 0 Å². The molecule has 4 nitrogen and oxygen atoms in total. The number of thiol groups is 1. The average molecular weight is 429 g/mol. The fourth-order valence-electron chi connectivity index (χ4n) is 1.66. The van der Waals surface area contributed by atoms with Crippen LogP contribution in [0, 0.1) is 5.41 Å². The largest absolute Gasteiger partial charge is 0.375 e. The van der Waals surface area contributed by atoms with Crippen molar-refractivity contribution in [2.75, 3.05) is 18.9 Å². The van der Waals surface area contributed by atoms with Crippen LogP contribution < -0.4 is 5.32 Å². The lowest BCUT2D eigenvalue weighted by Gasteiger charge is -2.30. The van der Waals surface area contributed by atoms with Crippen molar-refractivity contribution in [3.05, 3.63) is 0 Å². The lowest BCUT2D eigenvalue weighted by molar-refractivity contribution is -0.121. The molecule has 0 aliphatic rings. The Bertz CT molecular complexity index is 350. The first kappa shape index (κ1) is 21.2. The minimum absolute atomic E-state index is 0.0279. The van der Waals surface area contributed by atoms with Crippen LogP contribution in [0.1, 0.15) is 53.4 Å². The zero-order valence-electron chi connectivity index (χ0n) is 13.5. The second kappa shape index (κ2) is 10.0. The average Bonchev–Trinajstić information content (AvgIpc) is 2.38. The van der Waals surface area contributed by atoms with Crippen LogP contribution in [0.4, 0.5) is 0 Å². The van der Waals surface area contributed by atoms with Gasteiger partial charge in [-0.15, -0.1) is 0 Å². The summed E-state index contributed by atoms with van der Waals surface area (Å²) in [6.45, 7) is 9.15. The highest BCUT2D eigenvalue weighted by Gasteiger charge is 2.28. The summed E-state index contributed by atoms with van der Waals surface area (Å²) >= 11 is 5.88. The molecular weight excluding hydrogens is 401 g/mol. The highest BCUT2D eigenvalue weighted by Crippen LogP contribution is 2.27. The van der Waals surface area contributed by atoms with Gasteiger partial charge in [-0.3, -0.25) is 9.59 Å². The summed E-state index contributed by atoms with van der Waals surface area (Å²) in [5, 5.41) is 2.88. The third-order valence-electron chi connectivity index (χ3n) is 3.77. The second-order valence-corrected chi connectivity index (χ2v) is 7.56. The SMILES string of the molecule is CCC(C)(CCNC(=O)CCS)OCCC(C)(C)C(=O)I. The van der Waals surface area contributed by atoms with E-state index in [-0.39, 0.29) is 20.7 Å². The molecule has 0 aromatic heterocycles. The van der Waals surface area contributed by atoms with E-state index in [1.54, 1.807) is 0 Å². The molecule has 0 fully saturated rings. The second-order valence-electron chi connectivity index (χ2n) is 6.13. The Morgan fingerprint density at radius 1 is 1.24 bits per heavy atom. The molecule has 0 heterocycles. The smallest absolute Gasteiger partial charge is 0.220 e. The highest BCUT2D eigenvalue weighted by molar-refractivity contribution is 14.1. The van der Waals surface area contributed by atoms with Crippen LogP contribution in [0.15, 0.2) is 0 Å². The molecule has 0 aromatic carbocycles. The summed E-state index contributed by atoms with van der Waals surface area (Å²) in [6, 6.07) is 0. The van der Waals surface area contributed by atoms with Crippen molar-refractivity contribution in [3.63, 3.8) is 0 Å². The molecule has 0 saturated heterocycles. The van der Waals surface area contributed by atoms with Gasteiger partial charge in [0.2, 0.25) is 5.91 Å². The molecule has 1 amide bonds. The lowest BCUT2D eigenvalue weighted by atomic mass is 9.91. The van der Waals surface area contributed by atoms with Gasteiger partial charge in [0.15, 0.2) is 3.79 Å². The van der Waals surface area contributed by atoms with E-state index in [4.69, 9.17) is 4.74 Å². The Morgan fingerprint density at radius 3 is 2.33 bits per heavy atom. The Balaban J connectivity index is 4.16. The molecule has 0 spiro atoms. The minimum atomic E-state index is -0.351. The van der Waals surface area contributed by atoms with Crippen molar-refractivity contribution in [3.8, 4) is 0 Å². The van der Waals surface area contributed by atoms with Gasteiger partial charge in [-0.2, -0.15) is 12.6 Å². The van der Waals surface area contributed by atoms with E-state index in [2.05, 4.69) is 31.8 Å². The van der Waals surface area contributed by atoms with E-state index in [1.807, 2.05) is 36.4 Å². The molecule has 0 aromatic rings. The normalized spacial score (nSPS) is 14.6. The van der Waals surface area contributed by atoms with Crippen molar-refractivity contribution in [2.24, 2.45) is 5.41 Å². The van der Waals surface area contributed by atoms with E-state index in [0.717, 1.165) is 12.8 Å². The first-order chi connectivity index (χ1) is 9.67. The first-order valence-corrected chi connectivity index (χ1v) is 9.09. The maximum absolute atomic E-state index is 11.5. The Morgan fingerprint density at radius 2 is 1.86 bits per heavy atom. The predicted molar refractivity (Wildman–Crippen MR) is 98.2 cm³/mol. The molecule has 1 unspecified atom stereocenters. The number of hydrogen-bond acceptors (Lipinski definition) is 4. The summed E-state index contributed by atoms with van der Waals surface area (Å²) in [4.78, 5) is 22.9. The van der Waals surface area contributed by atoms with Crippen molar-refractivity contribution in [2.45, 2.75) is 59.0 Å². The quantitative estimate of drug-likeness (QED) is 0.301. The fraction of sp³-hybridized carbons (Fsp3) is 0.867. The Labute approximate surface area is 147 Å². The molecule has 0 bridgehead atoms. The topological polar surface area (TPSA) is 55.4 Å².